The van der Waals surface area contributed by atoms with Gasteiger partial charge < -0.3 is 9.88 Å². The summed E-state index contributed by atoms with van der Waals surface area (Å²) in [5.74, 6) is 0. The Hall–Kier alpha value is -1.04. The van der Waals surface area contributed by atoms with Gasteiger partial charge in [0.25, 0.3) is 0 Å². The van der Waals surface area contributed by atoms with Crippen molar-refractivity contribution in [2.45, 2.75) is 52.0 Å². The molecule has 1 rings (SSSR count). The molecule has 1 heterocycles. The summed E-state index contributed by atoms with van der Waals surface area (Å²) in [4.78, 5) is 3.91. The molecule has 0 aliphatic heterocycles. The average molecular weight is 249 g/mol. The molecule has 0 spiro atoms. The van der Waals surface area contributed by atoms with Crippen LogP contribution in [0.2, 0.25) is 0 Å². The van der Waals surface area contributed by atoms with Crippen molar-refractivity contribution in [3.05, 3.63) is 18.2 Å². The molecular weight excluding hydrogens is 231 g/mol. The number of halogens is 3. The maximum Gasteiger partial charge on any atom is 0.391 e. The van der Waals surface area contributed by atoms with Crippen molar-refractivity contribution in [2.24, 2.45) is 0 Å². The van der Waals surface area contributed by atoms with E-state index in [1.54, 1.807) is 17.7 Å². The van der Waals surface area contributed by atoms with Crippen LogP contribution in [0.4, 0.5) is 13.2 Å². The van der Waals surface area contributed by atoms with E-state index in [1.807, 2.05) is 13.8 Å². The molecule has 3 nitrogen and oxygen atoms in total. The number of aromatic nitrogens is 2. The van der Waals surface area contributed by atoms with E-state index >= 15 is 0 Å². The molecule has 17 heavy (non-hydrogen) atoms. The Balaban J connectivity index is 2.67. The molecule has 0 saturated heterocycles. The van der Waals surface area contributed by atoms with E-state index in [0.29, 0.717) is 6.54 Å². The van der Waals surface area contributed by atoms with Gasteiger partial charge in [0.05, 0.1) is 18.4 Å². The predicted molar refractivity (Wildman–Crippen MR) is 59.6 cm³/mol. The Labute approximate surface area is 99.0 Å². The highest BCUT2D eigenvalue weighted by atomic mass is 19.4. The van der Waals surface area contributed by atoms with E-state index in [9.17, 15) is 13.2 Å². The van der Waals surface area contributed by atoms with E-state index in [4.69, 9.17) is 0 Å². The van der Waals surface area contributed by atoms with E-state index < -0.39 is 18.6 Å². The average Bonchev–Trinajstić information content (AvgIpc) is 2.59. The van der Waals surface area contributed by atoms with Gasteiger partial charge in [0, 0.05) is 24.8 Å². The summed E-state index contributed by atoms with van der Waals surface area (Å²) in [5.41, 5.74) is 0.774. The highest BCUT2D eigenvalue weighted by Crippen LogP contribution is 2.27. The van der Waals surface area contributed by atoms with Crippen LogP contribution in [-0.2, 0) is 6.54 Å². The van der Waals surface area contributed by atoms with Crippen LogP contribution < -0.4 is 5.32 Å². The lowest BCUT2D eigenvalue weighted by Gasteiger charge is -2.19. The monoisotopic (exact) mass is 249 g/mol. The Bertz CT molecular complexity index is 344. The summed E-state index contributed by atoms with van der Waals surface area (Å²) in [6.45, 7) is 6.05. The van der Waals surface area contributed by atoms with Gasteiger partial charge in [-0.15, -0.1) is 0 Å². The molecule has 0 bridgehead atoms. The van der Waals surface area contributed by atoms with E-state index in [-0.39, 0.29) is 6.04 Å². The molecule has 98 valence electrons. The minimum absolute atomic E-state index is 0.288. The lowest BCUT2D eigenvalue weighted by Crippen LogP contribution is -2.25. The molecule has 6 heteroatoms. The third kappa shape index (κ3) is 4.77. The van der Waals surface area contributed by atoms with Crippen molar-refractivity contribution >= 4 is 0 Å². The lowest BCUT2D eigenvalue weighted by molar-refractivity contribution is -0.141. The molecule has 0 saturated carbocycles. The van der Waals surface area contributed by atoms with Crippen molar-refractivity contribution in [2.75, 3.05) is 0 Å². The summed E-state index contributed by atoms with van der Waals surface area (Å²) < 4.78 is 38.5. The molecule has 1 N–H and O–H groups in total. The SMILES string of the molecule is CC(C)NCc1cncn1C(C)CC(F)(F)F. The van der Waals surface area contributed by atoms with Gasteiger partial charge in [-0.1, -0.05) is 13.8 Å². The van der Waals surface area contributed by atoms with Crippen molar-refractivity contribution in [1.82, 2.24) is 14.9 Å². The fourth-order valence-corrected chi connectivity index (χ4v) is 1.61. The maximum absolute atomic E-state index is 12.3. The van der Waals surface area contributed by atoms with Gasteiger partial charge in [0.1, 0.15) is 0 Å². The molecule has 0 radical (unpaired) electrons. The van der Waals surface area contributed by atoms with Crippen LogP contribution >= 0.6 is 0 Å². The largest absolute Gasteiger partial charge is 0.391 e. The van der Waals surface area contributed by atoms with Crippen LogP contribution in [0.1, 0.15) is 38.9 Å². The van der Waals surface area contributed by atoms with Crippen molar-refractivity contribution in [3.8, 4) is 0 Å². The first kappa shape index (κ1) is 14.0. The zero-order valence-electron chi connectivity index (χ0n) is 10.3. The normalized spacial score (nSPS) is 14.3. The van der Waals surface area contributed by atoms with E-state index in [0.717, 1.165) is 5.69 Å². The second-order valence-electron chi connectivity index (χ2n) is 4.50. The molecule has 0 fully saturated rings. The number of rotatable bonds is 5. The Morgan fingerprint density at radius 2 is 2.00 bits per heavy atom. The van der Waals surface area contributed by atoms with Crippen LogP contribution in [-0.4, -0.2) is 21.8 Å². The van der Waals surface area contributed by atoms with Gasteiger partial charge in [0.15, 0.2) is 0 Å². The van der Waals surface area contributed by atoms with Gasteiger partial charge in [-0.25, -0.2) is 4.98 Å². The smallest absolute Gasteiger partial charge is 0.330 e. The third-order valence-electron chi connectivity index (χ3n) is 2.44. The molecule has 0 aromatic carbocycles. The zero-order valence-corrected chi connectivity index (χ0v) is 10.3. The van der Waals surface area contributed by atoms with Crippen LogP contribution in [0.3, 0.4) is 0 Å². The number of hydrogen-bond acceptors (Lipinski definition) is 2. The fourth-order valence-electron chi connectivity index (χ4n) is 1.61. The number of nitrogens with one attached hydrogen (secondary N) is 1. The van der Waals surface area contributed by atoms with Crippen LogP contribution in [0.25, 0.3) is 0 Å². The highest BCUT2D eigenvalue weighted by molar-refractivity contribution is 5.00. The van der Waals surface area contributed by atoms with Crippen LogP contribution in [0.15, 0.2) is 12.5 Å². The number of imidazole rings is 1. The first-order valence-corrected chi connectivity index (χ1v) is 5.60. The van der Waals surface area contributed by atoms with E-state index in [2.05, 4.69) is 10.3 Å². The van der Waals surface area contributed by atoms with Gasteiger partial charge >= 0.3 is 6.18 Å². The van der Waals surface area contributed by atoms with Gasteiger partial charge in [-0.2, -0.15) is 13.2 Å². The van der Waals surface area contributed by atoms with Crippen molar-refractivity contribution in [1.29, 1.82) is 0 Å². The van der Waals surface area contributed by atoms with Crippen LogP contribution in [0, 0.1) is 0 Å². The molecule has 0 aliphatic carbocycles. The van der Waals surface area contributed by atoms with Gasteiger partial charge in [-0.05, 0) is 6.92 Å². The molecular formula is C11H18F3N3. The zero-order chi connectivity index (χ0) is 13.1. The molecule has 1 aromatic heterocycles. The molecule has 0 aliphatic rings. The molecule has 1 atom stereocenters. The Morgan fingerprint density at radius 3 is 2.53 bits per heavy atom. The maximum atomic E-state index is 12.3. The summed E-state index contributed by atoms with van der Waals surface area (Å²) in [6.07, 6.45) is -1.93. The standard InChI is InChI=1S/C11H18F3N3/c1-8(2)16-6-10-5-15-7-17(10)9(3)4-11(12,13)14/h5,7-9,16H,4,6H2,1-3H3. The molecule has 1 unspecified atom stereocenters. The minimum atomic E-state index is -4.15. The molecule has 1 aromatic rings. The van der Waals surface area contributed by atoms with Crippen molar-refractivity contribution < 1.29 is 13.2 Å². The highest BCUT2D eigenvalue weighted by Gasteiger charge is 2.31. The lowest BCUT2D eigenvalue weighted by atomic mass is 10.2. The van der Waals surface area contributed by atoms with Gasteiger partial charge in [-0.3, -0.25) is 0 Å². The Morgan fingerprint density at radius 1 is 1.35 bits per heavy atom. The summed E-state index contributed by atoms with van der Waals surface area (Å²) >= 11 is 0. The third-order valence-corrected chi connectivity index (χ3v) is 2.44. The fraction of sp³-hybridized carbons (Fsp3) is 0.727. The van der Waals surface area contributed by atoms with Crippen molar-refractivity contribution in [3.63, 3.8) is 0 Å². The van der Waals surface area contributed by atoms with E-state index in [1.165, 1.54) is 6.33 Å². The second-order valence-corrected chi connectivity index (χ2v) is 4.50. The first-order chi connectivity index (χ1) is 7.79. The summed E-state index contributed by atoms with van der Waals surface area (Å²) in [5, 5.41) is 3.16. The van der Waals surface area contributed by atoms with Crippen LogP contribution in [0.5, 0.6) is 0 Å². The summed E-state index contributed by atoms with van der Waals surface area (Å²) in [7, 11) is 0. The van der Waals surface area contributed by atoms with Gasteiger partial charge in [0.2, 0.25) is 0 Å². The first-order valence-electron chi connectivity index (χ1n) is 5.60. The predicted octanol–water partition coefficient (Wildman–Crippen LogP) is 2.89. The molecule has 0 amide bonds. The quantitative estimate of drug-likeness (QED) is 0.869. The summed E-state index contributed by atoms with van der Waals surface area (Å²) in [6, 6.07) is -0.335. The number of hydrogen-bond donors (Lipinski definition) is 1. The number of alkyl halides is 3. The minimum Gasteiger partial charge on any atom is -0.330 e. The number of nitrogens with zero attached hydrogens (tertiary/aromatic N) is 2. The Kier molecular flexibility index (Phi) is 4.56. The topological polar surface area (TPSA) is 29.9 Å². The second kappa shape index (κ2) is 5.53.